The van der Waals surface area contributed by atoms with Crippen molar-refractivity contribution < 1.29 is 5.32 Å². The number of rotatable bonds is 6. The smallest absolute Gasteiger partial charge is 0.260 e. The third-order valence-corrected chi connectivity index (χ3v) is 6.59. The van der Waals surface area contributed by atoms with E-state index >= 15 is 0 Å². The number of fused-ring (bicyclic) bond motifs is 1. The minimum absolute atomic E-state index is 0.0517. The number of thiophene rings is 1. The Morgan fingerprint density at radius 2 is 1.73 bits per heavy atom. The summed E-state index contributed by atoms with van der Waals surface area (Å²) in [5.41, 5.74) is 4.52. The fourth-order valence-electron chi connectivity index (χ4n) is 4.04. The zero-order valence-corrected chi connectivity index (χ0v) is 18.7. The van der Waals surface area contributed by atoms with Crippen LogP contribution in [0.25, 0.3) is 21.3 Å². The zero-order chi connectivity index (χ0) is 21.3. The van der Waals surface area contributed by atoms with Crippen molar-refractivity contribution >= 4 is 21.6 Å². The highest BCUT2D eigenvalue weighted by molar-refractivity contribution is 7.19. The minimum atomic E-state index is -0.0517. The number of quaternary nitrogens is 1. The van der Waals surface area contributed by atoms with E-state index in [2.05, 4.69) is 86.5 Å². The van der Waals surface area contributed by atoms with Crippen molar-refractivity contribution in [3.8, 4) is 11.1 Å². The van der Waals surface area contributed by atoms with Gasteiger partial charge in [-0.1, -0.05) is 74.0 Å². The van der Waals surface area contributed by atoms with Gasteiger partial charge in [-0.2, -0.15) is 0 Å². The van der Waals surface area contributed by atoms with Crippen LogP contribution in [0.2, 0.25) is 0 Å². The molecule has 0 aliphatic heterocycles. The second-order valence-corrected chi connectivity index (χ2v) is 9.42. The van der Waals surface area contributed by atoms with Crippen LogP contribution in [-0.4, -0.2) is 9.97 Å². The lowest BCUT2D eigenvalue weighted by molar-refractivity contribution is -0.718. The van der Waals surface area contributed by atoms with E-state index in [1.54, 1.807) is 11.3 Å². The maximum atomic E-state index is 13.0. The summed E-state index contributed by atoms with van der Waals surface area (Å²) in [4.78, 5) is 22.8. The van der Waals surface area contributed by atoms with Gasteiger partial charge in [-0.25, -0.2) is 4.98 Å². The topological polar surface area (TPSA) is 62.4 Å². The lowest BCUT2D eigenvalue weighted by Crippen LogP contribution is -2.85. The molecule has 0 amide bonds. The number of hydrogen-bond acceptors (Lipinski definition) is 3. The van der Waals surface area contributed by atoms with Crippen LogP contribution in [0.1, 0.15) is 41.7 Å². The van der Waals surface area contributed by atoms with Crippen LogP contribution >= 0.6 is 11.3 Å². The molecule has 0 aliphatic carbocycles. The highest BCUT2D eigenvalue weighted by atomic mass is 32.1. The van der Waals surface area contributed by atoms with Crippen LogP contribution in [0.15, 0.2) is 59.4 Å². The Hall–Kier alpha value is -2.76. The molecule has 0 aliphatic rings. The van der Waals surface area contributed by atoms with Crippen LogP contribution in [0.4, 0.5) is 0 Å². The molecule has 2 aromatic heterocycles. The lowest BCUT2D eigenvalue weighted by atomic mass is 9.96. The molecule has 4 rings (SSSR count). The number of aryl methyl sites for hydroxylation is 2. The SMILES string of the molecule is Cc1ccc(-c2c(C)sc3nc(C[NH2+][C@@H](c4ccccc4)C(C)C)[nH]c(=O)c23)cc1. The van der Waals surface area contributed by atoms with Gasteiger partial charge in [0, 0.05) is 21.9 Å². The third-order valence-electron chi connectivity index (χ3n) is 5.60. The van der Waals surface area contributed by atoms with E-state index in [1.165, 1.54) is 11.1 Å². The standard InChI is InChI=1S/C25H27N3OS/c1-15(2)23(19-8-6-5-7-9-19)26-14-20-27-24(29)22-21(17(4)30-25(22)28-20)18-12-10-16(3)11-13-18/h5-13,15,23,26H,14H2,1-4H3,(H,27,28,29)/p+1/t23-/m1/s1. The van der Waals surface area contributed by atoms with Gasteiger partial charge in [-0.15, -0.1) is 11.3 Å². The van der Waals surface area contributed by atoms with Crippen LogP contribution < -0.4 is 10.9 Å². The second kappa shape index (κ2) is 8.54. The Bertz CT molecular complexity index is 1210. The maximum Gasteiger partial charge on any atom is 0.260 e. The van der Waals surface area contributed by atoms with Gasteiger partial charge < -0.3 is 10.3 Å². The predicted octanol–water partition coefficient (Wildman–Crippen LogP) is 4.73. The van der Waals surface area contributed by atoms with Crippen LogP contribution in [0.5, 0.6) is 0 Å². The van der Waals surface area contributed by atoms with Crippen LogP contribution in [-0.2, 0) is 6.54 Å². The monoisotopic (exact) mass is 418 g/mol. The molecule has 0 unspecified atom stereocenters. The molecule has 154 valence electrons. The van der Waals surface area contributed by atoms with Gasteiger partial charge in [0.2, 0.25) is 0 Å². The molecule has 0 fully saturated rings. The Morgan fingerprint density at radius 1 is 1.03 bits per heavy atom. The summed E-state index contributed by atoms with van der Waals surface area (Å²) in [6, 6.07) is 19.2. The molecule has 4 nitrogen and oxygen atoms in total. The molecule has 0 bridgehead atoms. The van der Waals surface area contributed by atoms with E-state index in [0.717, 1.165) is 26.7 Å². The first-order valence-corrected chi connectivity index (χ1v) is 11.2. The number of H-pyrrole nitrogens is 1. The van der Waals surface area contributed by atoms with Gasteiger partial charge in [0.1, 0.15) is 17.4 Å². The molecule has 0 radical (unpaired) electrons. The molecule has 30 heavy (non-hydrogen) atoms. The van der Waals surface area contributed by atoms with E-state index in [-0.39, 0.29) is 5.56 Å². The van der Waals surface area contributed by atoms with Crippen LogP contribution in [0.3, 0.4) is 0 Å². The highest BCUT2D eigenvalue weighted by Crippen LogP contribution is 2.35. The molecule has 0 saturated heterocycles. The van der Waals surface area contributed by atoms with Crippen LogP contribution in [0, 0.1) is 19.8 Å². The number of nitrogens with zero attached hydrogens (tertiary/aromatic N) is 1. The molecule has 2 aromatic carbocycles. The molecule has 2 heterocycles. The van der Waals surface area contributed by atoms with Crippen molar-refractivity contribution in [2.45, 2.75) is 40.3 Å². The zero-order valence-electron chi connectivity index (χ0n) is 17.9. The number of nitrogens with one attached hydrogen (secondary N) is 1. The van der Waals surface area contributed by atoms with Gasteiger partial charge in [0.25, 0.3) is 5.56 Å². The molecule has 5 heteroatoms. The number of aromatic nitrogens is 2. The van der Waals surface area contributed by atoms with E-state index < -0.39 is 0 Å². The lowest BCUT2D eigenvalue weighted by Gasteiger charge is -2.19. The van der Waals surface area contributed by atoms with E-state index in [0.29, 0.717) is 23.9 Å². The molecular formula is C25H28N3OS+. The van der Waals surface area contributed by atoms with Crippen molar-refractivity contribution in [1.29, 1.82) is 0 Å². The van der Waals surface area contributed by atoms with E-state index in [9.17, 15) is 4.79 Å². The highest BCUT2D eigenvalue weighted by Gasteiger charge is 2.21. The average molecular weight is 419 g/mol. The summed E-state index contributed by atoms with van der Waals surface area (Å²) in [6.07, 6.45) is 0. The first-order chi connectivity index (χ1) is 14.4. The van der Waals surface area contributed by atoms with E-state index in [1.807, 2.05) is 6.07 Å². The van der Waals surface area contributed by atoms with Crippen molar-refractivity contribution in [2.75, 3.05) is 0 Å². The third kappa shape index (κ3) is 4.09. The largest absolute Gasteiger partial charge is 0.334 e. The van der Waals surface area contributed by atoms with Gasteiger partial charge in [0.05, 0.1) is 5.39 Å². The second-order valence-electron chi connectivity index (χ2n) is 8.21. The summed E-state index contributed by atoms with van der Waals surface area (Å²) >= 11 is 1.60. The number of aromatic amines is 1. The predicted molar refractivity (Wildman–Crippen MR) is 125 cm³/mol. The van der Waals surface area contributed by atoms with Crippen molar-refractivity contribution in [3.05, 3.63) is 86.8 Å². The van der Waals surface area contributed by atoms with Crippen molar-refractivity contribution in [1.82, 2.24) is 9.97 Å². The van der Waals surface area contributed by atoms with Gasteiger partial charge >= 0.3 is 0 Å². The Balaban J connectivity index is 1.65. The summed E-state index contributed by atoms with van der Waals surface area (Å²) in [7, 11) is 0. The summed E-state index contributed by atoms with van der Waals surface area (Å²) in [5, 5.41) is 2.97. The Morgan fingerprint density at radius 3 is 2.40 bits per heavy atom. The van der Waals surface area contributed by atoms with Crippen molar-refractivity contribution in [3.63, 3.8) is 0 Å². The Kier molecular flexibility index (Phi) is 5.84. The fourth-order valence-corrected chi connectivity index (χ4v) is 5.10. The number of benzene rings is 2. The molecule has 0 spiro atoms. The molecular weight excluding hydrogens is 390 g/mol. The number of nitrogens with two attached hydrogens (primary N) is 1. The molecule has 1 atom stereocenters. The van der Waals surface area contributed by atoms with Gasteiger partial charge in [-0.05, 0) is 19.4 Å². The maximum absolute atomic E-state index is 13.0. The van der Waals surface area contributed by atoms with Gasteiger partial charge in [0.15, 0.2) is 5.82 Å². The number of hydrogen-bond donors (Lipinski definition) is 2. The molecule has 3 N–H and O–H groups in total. The van der Waals surface area contributed by atoms with Crippen molar-refractivity contribution in [2.24, 2.45) is 5.92 Å². The normalized spacial score (nSPS) is 12.6. The molecule has 4 aromatic rings. The summed E-state index contributed by atoms with van der Waals surface area (Å²) in [6.45, 7) is 9.23. The first-order valence-electron chi connectivity index (χ1n) is 10.4. The van der Waals surface area contributed by atoms with E-state index in [4.69, 9.17) is 4.98 Å². The quantitative estimate of drug-likeness (QED) is 0.475. The molecule has 0 saturated carbocycles. The first kappa shape index (κ1) is 20.5. The Labute approximate surface area is 181 Å². The minimum Gasteiger partial charge on any atom is -0.334 e. The summed E-state index contributed by atoms with van der Waals surface area (Å²) in [5.74, 6) is 1.20. The average Bonchev–Trinajstić information content (AvgIpc) is 3.06. The summed E-state index contributed by atoms with van der Waals surface area (Å²) < 4.78 is 0. The fraction of sp³-hybridized carbons (Fsp3) is 0.280. The van der Waals surface area contributed by atoms with Gasteiger partial charge in [-0.3, -0.25) is 4.79 Å².